The van der Waals surface area contributed by atoms with Crippen LogP contribution in [0.25, 0.3) is 0 Å². The number of aliphatic imine (C=N–C) groups is 1. The van der Waals surface area contributed by atoms with Crippen molar-refractivity contribution in [2.45, 2.75) is 37.6 Å². The van der Waals surface area contributed by atoms with Gasteiger partial charge in [-0.15, -0.1) is 0 Å². The molecule has 1 atom stereocenters. The predicted octanol–water partition coefficient (Wildman–Crippen LogP) is 3.39. The van der Waals surface area contributed by atoms with E-state index in [9.17, 15) is 0 Å². The van der Waals surface area contributed by atoms with E-state index in [0.717, 1.165) is 45.2 Å². The number of rotatable bonds is 5. The maximum absolute atomic E-state index is 5.08. The standard InChI is InChI=1S/C21H29BrN4/c1-2-23-20(26-14-9-17(15-26)25-12-5-6-13-25)24-16-21(10-11-21)18-7-3-4-8-19(18)22/h3-8,17H,2,9-16H2,1H3,(H,23,24). The Bertz CT molecular complexity index is 687. The zero-order valence-corrected chi connectivity index (χ0v) is 17.2. The zero-order chi connectivity index (χ0) is 18.0. The zero-order valence-electron chi connectivity index (χ0n) is 15.6. The minimum atomic E-state index is 0.235. The van der Waals surface area contributed by atoms with Crippen LogP contribution in [0.4, 0.5) is 0 Å². The second kappa shape index (κ2) is 7.73. The Kier molecular flexibility index (Phi) is 5.37. The molecular weight excluding hydrogens is 388 g/mol. The fourth-order valence-corrected chi connectivity index (χ4v) is 4.94. The summed E-state index contributed by atoms with van der Waals surface area (Å²) in [5.41, 5.74) is 1.65. The van der Waals surface area contributed by atoms with E-state index in [1.165, 1.54) is 29.3 Å². The molecule has 140 valence electrons. The van der Waals surface area contributed by atoms with E-state index in [1.54, 1.807) is 0 Å². The van der Waals surface area contributed by atoms with Gasteiger partial charge in [-0.1, -0.05) is 46.3 Å². The molecule has 1 N–H and O–H groups in total. The van der Waals surface area contributed by atoms with Crippen LogP contribution in [0.15, 0.2) is 45.9 Å². The average molecular weight is 417 g/mol. The van der Waals surface area contributed by atoms with Crippen molar-refractivity contribution in [1.29, 1.82) is 0 Å². The fourth-order valence-electron chi connectivity index (χ4n) is 4.23. The van der Waals surface area contributed by atoms with Crippen LogP contribution in [-0.4, -0.2) is 61.1 Å². The normalized spacial score (nSPS) is 25.1. The molecule has 2 aliphatic heterocycles. The largest absolute Gasteiger partial charge is 0.357 e. The van der Waals surface area contributed by atoms with Gasteiger partial charge in [0.15, 0.2) is 5.96 Å². The molecule has 0 spiro atoms. The summed E-state index contributed by atoms with van der Waals surface area (Å²) in [5.74, 6) is 1.10. The van der Waals surface area contributed by atoms with Gasteiger partial charge in [0.25, 0.3) is 0 Å². The Hall–Kier alpha value is -1.33. The molecule has 0 aromatic heterocycles. The maximum atomic E-state index is 5.08. The average Bonchev–Trinajstić information content (AvgIpc) is 3.05. The summed E-state index contributed by atoms with van der Waals surface area (Å²) in [6.07, 6.45) is 8.29. The highest BCUT2D eigenvalue weighted by Gasteiger charge is 2.45. The van der Waals surface area contributed by atoms with Crippen LogP contribution in [0, 0.1) is 0 Å². The molecule has 1 aliphatic carbocycles. The quantitative estimate of drug-likeness (QED) is 0.453. The summed E-state index contributed by atoms with van der Waals surface area (Å²) in [6.45, 7) is 8.38. The summed E-state index contributed by atoms with van der Waals surface area (Å²) in [6, 6.07) is 9.30. The highest BCUT2D eigenvalue weighted by molar-refractivity contribution is 9.10. The Morgan fingerprint density at radius 2 is 2.04 bits per heavy atom. The molecule has 0 radical (unpaired) electrons. The Labute approximate surface area is 165 Å². The number of likely N-dealkylation sites (tertiary alicyclic amines) is 1. The molecule has 26 heavy (non-hydrogen) atoms. The van der Waals surface area contributed by atoms with Gasteiger partial charge in [-0.05, 0) is 37.8 Å². The van der Waals surface area contributed by atoms with Crippen LogP contribution < -0.4 is 5.32 Å². The minimum Gasteiger partial charge on any atom is -0.357 e. The number of hydrogen-bond acceptors (Lipinski definition) is 2. The molecule has 2 heterocycles. The minimum absolute atomic E-state index is 0.235. The van der Waals surface area contributed by atoms with Gasteiger partial charge in [-0.3, -0.25) is 9.89 Å². The van der Waals surface area contributed by atoms with Gasteiger partial charge in [-0.2, -0.15) is 0 Å². The number of hydrogen-bond donors (Lipinski definition) is 1. The summed E-state index contributed by atoms with van der Waals surface area (Å²) < 4.78 is 1.22. The lowest BCUT2D eigenvalue weighted by molar-refractivity contribution is 0.259. The maximum Gasteiger partial charge on any atom is 0.193 e. The van der Waals surface area contributed by atoms with Crippen molar-refractivity contribution < 1.29 is 0 Å². The molecule has 1 saturated heterocycles. The summed E-state index contributed by atoms with van der Waals surface area (Å²) in [5, 5.41) is 3.53. The van der Waals surface area contributed by atoms with E-state index < -0.39 is 0 Å². The number of nitrogens with one attached hydrogen (secondary N) is 1. The Morgan fingerprint density at radius 1 is 1.27 bits per heavy atom. The van der Waals surface area contributed by atoms with E-state index in [-0.39, 0.29) is 5.41 Å². The third-order valence-electron chi connectivity index (χ3n) is 5.99. The van der Waals surface area contributed by atoms with E-state index >= 15 is 0 Å². The van der Waals surface area contributed by atoms with Crippen LogP contribution >= 0.6 is 15.9 Å². The van der Waals surface area contributed by atoms with Crippen LogP contribution in [0.1, 0.15) is 31.7 Å². The van der Waals surface area contributed by atoms with Crippen molar-refractivity contribution in [2.75, 3.05) is 39.3 Å². The molecule has 1 unspecified atom stereocenters. The third kappa shape index (κ3) is 3.70. The smallest absolute Gasteiger partial charge is 0.193 e. The highest BCUT2D eigenvalue weighted by Crippen LogP contribution is 2.50. The third-order valence-corrected chi connectivity index (χ3v) is 6.68. The molecule has 0 amide bonds. The summed E-state index contributed by atoms with van der Waals surface area (Å²) in [7, 11) is 0. The van der Waals surface area contributed by atoms with Gasteiger partial charge in [0, 0.05) is 48.7 Å². The predicted molar refractivity (Wildman–Crippen MR) is 112 cm³/mol. The first-order valence-electron chi connectivity index (χ1n) is 9.89. The summed E-state index contributed by atoms with van der Waals surface area (Å²) >= 11 is 3.74. The molecule has 1 saturated carbocycles. The molecule has 5 heteroatoms. The molecule has 2 fully saturated rings. The molecular formula is C21H29BrN4. The van der Waals surface area contributed by atoms with Gasteiger partial charge in [0.05, 0.1) is 6.54 Å². The Balaban J connectivity index is 1.44. The fraction of sp³-hybridized carbons (Fsp3) is 0.571. The van der Waals surface area contributed by atoms with E-state index in [1.807, 2.05) is 0 Å². The highest BCUT2D eigenvalue weighted by atomic mass is 79.9. The van der Waals surface area contributed by atoms with Crippen molar-refractivity contribution in [2.24, 2.45) is 4.99 Å². The first-order valence-corrected chi connectivity index (χ1v) is 10.7. The first-order chi connectivity index (χ1) is 12.7. The van der Waals surface area contributed by atoms with Crippen LogP contribution in [-0.2, 0) is 5.41 Å². The van der Waals surface area contributed by atoms with Crippen molar-refractivity contribution >= 4 is 21.9 Å². The molecule has 3 aliphatic rings. The van der Waals surface area contributed by atoms with Crippen LogP contribution in [0.3, 0.4) is 0 Å². The van der Waals surface area contributed by atoms with Crippen molar-refractivity contribution in [3.63, 3.8) is 0 Å². The number of halogens is 1. The molecule has 1 aromatic rings. The number of benzene rings is 1. The SMILES string of the molecule is CCNC(=NCC1(c2ccccc2Br)CC1)N1CCC(N2CC=CC2)C1. The number of nitrogens with zero attached hydrogens (tertiary/aromatic N) is 3. The van der Waals surface area contributed by atoms with E-state index in [0.29, 0.717) is 6.04 Å². The summed E-state index contributed by atoms with van der Waals surface area (Å²) in [4.78, 5) is 10.1. The number of guanidine groups is 1. The topological polar surface area (TPSA) is 30.9 Å². The van der Waals surface area contributed by atoms with Gasteiger partial charge >= 0.3 is 0 Å². The monoisotopic (exact) mass is 416 g/mol. The van der Waals surface area contributed by atoms with Crippen molar-refractivity contribution in [1.82, 2.24) is 15.1 Å². The van der Waals surface area contributed by atoms with Gasteiger partial charge in [0.1, 0.15) is 0 Å². The lowest BCUT2D eigenvalue weighted by Gasteiger charge is -2.26. The molecule has 4 rings (SSSR count). The molecule has 1 aromatic carbocycles. The van der Waals surface area contributed by atoms with Crippen molar-refractivity contribution in [3.8, 4) is 0 Å². The van der Waals surface area contributed by atoms with Crippen LogP contribution in [0.2, 0.25) is 0 Å². The lowest BCUT2D eigenvalue weighted by atomic mass is 9.96. The van der Waals surface area contributed by atoms with Crippen molar-refractivity contribution in [3.05, 3.63) is 46.5 Å². The van der Waals surface area contributed by atoms with Gasteiger partial charge in [-0.25, -0.2) is 0 Å². The van der Waals surface area contributed by atoms with Crippen LogP contribution in [0.5, 0.6) is 0 Å². The van der Waals surface area contributed by atoms with Gasteiger partial charge in [0.2, 0.25) is 0 Å². The van der Waals surface area contributed by atoms with E-state index in [2.05, 4.69) is 74.4 Å². The van der Waals surface area contributed by atoms with Gasteiger partial charge < -0.3 is 10.2 Å². The Morgan fingerprint density at radius 3 is 2.73 bits per heavy atom. The second-order valence-electron chi connectivity index (χ2n) is 7.74. The molecule has 4 nitrogen and oxygen atoms in total. The lowest BCUT2D eigenvalue weighted by Crippen LogP contribution is -2.43. The molecule has 0 bridgehead atoms. The first kappa shape index (κ1) is 18.1. The van der Waals surface area contributed by atoms with E-state index in [4.69, 9.17) is 4.99 Å². The second-order valence-corrected chi connectivity index (χ2v) is 8.60.